The highest BCUT2D eigenvalue weighted by atomic mass is 16.6. The number of nitrogens with one attached hydrogen (secondary N) is 1. The minimum absolute atomic E-state index is 0.0427. The summed E-state index contributed by atoms with van der Waals surface area (Å²) in [5.41, 5.74) is 0.367. The molecule has 0 spiro atoms. The SMILES string of the molecule is COc1ccc(Cn2c(CNC(=O)OC(C)(C)C)cc(=O)n(Cc3ccc(OC)cc3)c2=O)cc1. The number of benzene rings is 2. The smallest absolute Gasteiger partial charge is 0.407 e. The van der Waals surface area contributed by atoms with E-state index in [-0.39, 0.29) is 19.6 Å². The molecule has 9 nitrogen and oxygen atoms in total. The molecule has 0 aliphatic carbocycles. The maximum Gasteiger partial charge on any atom is 0.407 e. The summed E-state index contributed by atoms with van der Waals surface area (Å²) in [7, 11) is 3.15. The molecule has 3 aromatic rings. The number of carbonyl (C=O) groups is 1. The third kappa shape index (κ3) is 6.99. The normalized spacial score (nSPS) is 11.1. The zero-order valence-corrected chi connectivity index (χ0v) is 20.7. The summed E-state index contributed by atoms with van der Waals surface area (Å²) < 4.78 is 18.3. The minimum atomic E-state index is -0.672. The molecule has 186 valence electrons. The molecule has 0 radical (unpaired) electrons. The Balaban J connectivity index is 1.96. The number of carbonyl (C=O) groups excluding carboxylic acids is 1. The molecule has 0 saturated heterocycles. The first-order chi connectivity index (χ1) is 16.6. The first-order valence-electron chi connectivity index (χ1n) is 11.2. The van der Waals surface area contributed by atoms with Crippen LogP contribution in [-0.2, 0) is 24.4 Å². The molecular weight excluding hydrogens is 450 g/mol. The van der Waals surface area contributed by atoms with Crippen molar-refractivity contribution in [1.29, 1.82) is 0 Å². The molecule has 1 aromatic heterocycles. The quantitative estimate of drug-likeness (QED) is 0.531. The standard InChI is InChI=1S/C26H31N3O6/c1-26(2,3)35-24(31)27-15-20-14-23(30)29(17-19-8-12-22(34-5)13-9-19)25(32)28(20)16-18-6-10-21(33-4)11-7-18/h6-14H,15-17H2,1-5H3,(H,27,31). The largest absolute Gasteiger partial charge is 0.497 e. The number of methoxy groups -OCH3 is 2. The van der Waals surface area contributed by atoms with Crippen LogP contribution >= 0.6 is 0 Å². The topological polar surface area (TPSA) is 101 Å². The summed E-state index contributed by atoms with van der Waals surface area (Å²) in [6.07, 6.45) is -0.636. The Bertz CT molecular complexity index is 1270. The molecule has 0 fully saturated rings. The Labute approximate surface area is 203 Å². The van der Waals surface area contributed by atoms with Crippen LogP contribution in [0.25, 0.3) is 0 Å². The van der Waals surface area contributed by atoms with Crippen LogP contribution in [0.1, 0.15) is 37.6 Å². The second-order valence-corrected chi connectivity index (χ2v) is 8.98. The van der Waals surface area contributed by atoms with E-state index in [1.165, 1.54) is 15.2 Å². The molecule has 0 atom stereocenters. The van der Waals surface area contributed by atoms with Gasteiger partial charge in [-0.1, -0.05) is 24.3 Å². The second-order valence-electron chi connectivity index (χ2n) is 8.98. The van der Waals surface area contributed by atoms with Crippen LogP contribution in [0.4, 0.5) is 4.79 Å². The number of aromatic nitrogens is 2. The lowest BCUT2D eigenvalue weighted by atomic mass is 10.2. The third-order valence-corrected chi connectivity index (χ3v) is 5.18. The van der Waals surface area contributed by atoms with E-state index in [1.807, 2.05) is 12.1 Å². The van der Waals surface area contributed by atoms with Crippen LogP contribution < -0.4 is 26.0 Å². The Morgan fingerprint density at radius 1 is 0.829 bits per heavy atom. The molecule has 0 aliphatic heterocycles. The fourth-order valence-electron chi connectivity index (χ4n) is 3.43. The van der Waals surface area contributed by atoms with Crippen molar-refractivity contribution in [1.82, 2.24) is 14.5 Å². The monoisotopic (exact) mass is 481 g/mol. The fraction of sp³-hybridized carbons (Fsp3) is 0.346. The van der Waals surface area contributed by atoms with E-state index in [0.29, 0.717) is 17.2 Å². The lowest BCUT2D eigenvalue weighted by Crippen LogP contribution is -2.43. The van der Waals surface area contributed by atoms with Crippen LogP contribution in [0, 0.1) is 0 Å². The number of rotatable bonds is 8. The molecule has 0 unspecified atom stereocenters. The molecule has 0 aliphatic rings. The van der Waals surface area contributed by atoms with Crippen molar-refractivity contribution >= 4 is 6.09 Å². The van der Waals surface area contributed by atoms with E-state index in [1.54, 1.807) is 71.4 Å². The van der Waals surface area contributed by atoms with Crippen molar-refractivity contribution in [3.8, 4) is 11.5 Å². The number of amides is 1. The van der Waals surface area contributed by atoms with Gasteiger partial charge in [0.1, 0.15) is 17.1 Å². The molecule has 2 aromatic carbocycles. The van der Waals surface area contributed by atoms with Crippen LogP contribution in [0.2, 0.25) is 0 Å². The first kappa shape index (κ1) is 25.6. The van der Waals surface area contributed by atoms with Crippen LogP contribution in [0.5, 0.6) is 11.5 Å². The summed E-state index contributed by atoms with van der Waals surface area (Å²) in [6, 6.07) is 15.8. The van der Waals surface area contributed by atoms with E-state index in [4.69, 9.17) is 14.2 Å². The van der Waals surface area contributed by atoms with Gasteiger partial charge in [-0.2, -0.15) is 0 Å². The number of hydrogen-bond acceptors (Lipinski definition) is 6. The van der Waals surface area contributed by atoms with Crippen LogP contribution in [0.15, 0.2) is 64.2 Å². The van der Waals surface area contributed by atoms with Gasteiger partial charge < -0.3 is 19.5 Å². The predicted molar refractivity (Wildman–Crippen MR) is 132 cm³/mol. The first-order valence-corrected chi connectivity index (χ1v) is 11.2. The second kappa shape index (κ2) is 10.9. The number of ether oxygens (including phenoxy) is 3. The average molecular weight is 482 g/mol. The zero-order chi connectivity index (χ0) is 25.6. The molecular formula is C26H31N3O6. The summed E-state index contributed by atoms with van der Waals surface area (Å²) >= 11 is 0. The lowest BCUT2D eigenvalue weighted by molar-refractivity contribution is 0.0522. The van der Waals surface area contributed by atoms with Gasteiger partial charge in [0.15, 0.2) is 0 Å². The maximum absolute atomic E-state index is 13.5. The molecule has 1 N–H and O–H groups in total. The third-order valence-electron chi connectivity index (χ3n) is 5.18. The van der Waals surface area contributed by atoms with Crippen molar-refractivity contribution in [3.05, 3.63) is 92.3 Å². The highest BCUT2D eigenvalue weighted by molar-refractivity contribution is 5.67. The highest BCUT2D eigenvalue weighted by Crippen LogP contribution is 2.14. The zero-order valence-electron chi connectivity index (χ0n) is 20.7. The molecule has 3 rings (SSSR count). The highest BCUT2D eigenvalue weighted by Gasteiger charge is 2.18. The summed E-state index contributed by atoms with van der Waals surface area (Å²) in [5, 5.41) is 2.63. The van der Waals surface area contributed by atoms with Gasteiger partial charge in [-0.05, 0) is 56.2 Å². The molecule has 35 heavy (non-hydrogen) atoms. The predicted octanol–water partition coefficient (Wildman–Crippen LogP) is 3.15. The fourth-order valence-corrected chi connectivity index (χ4v) is 3.43. The summed E-state index contributed by atoms with van der Waals surface area (Å²) in [6.45, 7) is 5.53. The number of hydrogen-bond donors (Lipinski definition) is 1. The lowest BCUT2D eigenvalue weighted by Gasteiger charge is -2.20. The molecule has 0 saturated carbocycles. The van der Waals surface area contributed by atoms with Crippen LogP contribution in [-0.4, -0.2) is 35.0 Å². The van der Waals surface area contributed by atoms with Crippen molar-refractivity contribution in [2.75, 3.05) is 14.2 Å². The van der Waals surface area contributed by atoms with E-state index >= 15 is 0 Å². The van der Waals surface area contributed by atoms with Crippen molar-refractivity contribution in [2.24, 2.45) is 0 Å². The summed E-state index contributed by atoms with van der Waals surface area (Å²) in [5.74, 6) is 1.37. The van der Waals surface area contributed by atoms with Crippen molar-refractivity contribution < 1.29 is 19.0 Å². The number of alkyl carbamates (subject to hydrolysis) is 1. The Kier molecular flexibility index (Phi) is 8.01. The molecule has 1 heterocycles. The van der Waals surface area contributed by atoms with Gasteiger partial charge in [0.25, 0.3) is 5.56 Å². The Hall–Kier alpha value is -4.01. The van der Waals surface area contributed by atoms with E-state index in [2.05, 4.69) is 5.32 Å². The van der Waals surface area contributed by atoms with Gasteiger partial charge >= 0.3 is 11.8 Å². The van der Waals surface area contributed by atoms with E-state index in [9.17, 15) is 14.4 Å². The van der Waals surface area contributed by atoms with Gasteiger partial charge in [-0.3, -0.25) is 13.9 Å². The Morgan fingerprint density at radius 2 is 1.31 bits per heavy atom. The summed E-state index contributed by atoms with van der Waals surface area (Å²) in [4.78, 5) is 38.6. The van der Waals surface area contributed by atoms with Gasteiger partial charge in [-0.15, -0.1) is 0 Å². The van der Waals surface area contributed by atoms with Gasteiger partial charge in [0.2, 0.25) is 0 Å². The average Bonchev–Trinajstić information content (AvgIpc) is 2.82. The maximum atomic E-state index is 13.5. The molecule has 0 bridgehead atoms. The molecule has 9 heteroatoms. The van der Waals surface area contributed by atoms with Crippen LogP contribution in [0.3, 0.4) is 0 Å². The van der Waals surface area contributed by atoms with Gasteiger partial charge in [0.05, 0.1) is 33.9 Å². The van der Waals surface area contributed by atoms with E-state index in [0.717, 1.165) is 11.1 Å². The van der Waals surface area contributed by atoms with Crippen molar-refractivity contribution in [3.63, 3.8) is 0 Å². The van der Waals surface area contributed by atoms with Gasteiger partial charge in [-0.25, -0.2) is 9.59 Å². The van der Waals surface area contributed by atoms with E-state index < -0.39 is 22.9 Å². The minimum Gasteiger partial charge on any atom is -0.497 e. The number of nitrogens with zero attached hydrogens (tertiary/aromatic N) is 2. The Morgan fingerprint density at radius 3 is 1.77 bits per heavy atom. The molecule has 1 amide bonds. The van der Waals surface area contributed by atoms with Crippen molar-refractivity contribution in [2.45, 2.75) is 46.0 Å². The van der Waals surface area contributed by atoms with Gasteiger partial charge in [0, 0.05) is 11.8 Å².